The highest BCUT2D eigenvalue weighted by Gasteiger charge is 2.27. The fourth-order valence-electron chi connectivity index (χ4n) is 2.50. The number of ketones is 1. The van der Waals surface area contributed by atoms with Crippen LogP contribution in [-0.4, -0.2) is 37.9 Å². The number of ether oxygens (including phenoxy) is 1. The first-order valence-corrected chi connectivity index (χ1v) is 6.94. The molecule has 0 aliphatic carbocycles. The van der Waals surface area contributed by atoms with Crippen molar-refractivity contribution in [2.45, 2.75) is 26.2 Å². The van der Waals surface area contributed by atoms with E-state index in [9.17, 15) is 4.79 Å². The molecule has 3 nitrogen and oxygen atoms in total. The minimum atomic E-state index is 0.0404. The SMILES string of the molecule is CC(C)c1ccc2c(c1)C(=O)C(CN(C)C)CCO2. The second-order valence-corrected chi connectivity index (χ2v) is 5.87. The lowest BCUT2D eigenvalue weighted by molar-refractivity contribution is 0.0891. The first kappa shape index (κ1) is 14.1. The minimum absolute atomic E-state index is 0.0404. The van der Waals surface area contributed by atoms with Gasteiger partial charge in [-0.25, -0.2) is 0 Å². The first-order valence-electron chi connectivity index (χ1n) is 6.94. The van der Waals surface area contributed by atoms with Crippen molar-refractivity contribution < 1.29 is 9.53 Å². The zero-order chi connectivity index (χ0) is 14.0. The molecular formula is C16H23NO2. The molecule has 1 aromatic rings. The highest BCUT2D eigenvalue weighted by molar-refractivity contribution is 6.01. The Hall–Kier alpha value is -1.35. The maximum absolute atomic E-state index is 12.6. The molecule has 0 amide bonds. The van der Waals surface area contributed by atoms with E-state index in [2.05, 4.69) is 24.8 Å². The van der Waals surface area contributed by atoms with Crippen molar-refractivity contribution in [1.82, 2.24) is 4.90 Å². The van der Waals surface area contributed by atoms with Gasteiger partial charge in [0.2, 0.25) is 0 Å². The van der Waals surface area contributed by atoms with Crippen LogP contribution in [0.25, 0.3) is 0 Å². The number of carbonyl (C=O) groups is 1. The lowest BCUT2D eigenvalue weighted by atomic mass is 9.92. The van der Waals surface area contributed by atoms with Crippen LogP contribution >= 0.6 is 0 Å². The summed E-state index contributed by atoms with van der Waals surface area (Å²) in [5, 5.41) is 0. The van der Waals surface area contributed by atoms with Crippen LogP contribution in [0.2, 0.25) is 0 Å². The molecule has 0 saturated carbocycles. The summed E-state index contributed by atoms with van der Waals surface area (Å²) in [4.78, 5) is 14.7. The Morgan fingerprint density at radius 3 is 2.74 bits per heavy atom. The summed E-state index contributed by atoms with van der Waals surface area (Å²) < 4.78 is 5.73. The van der Waals surface area contributed by atoms with E-state index in [0.29, 0.717) is 12.5 Å². The molecule has 2 rings (SSSR count). The predicted octanol–water partition coefficient (Wildman–Crippen LogP) is 2.95. The molecule has 0 saturated heterocycles. The molecule has 0 bridgehead atoms. The Bertz CT molecular complexity index is 466. The summed E-state index contributed by atoms with van der Waals surface area (Å²) in [7, 11) is 4.01. The van der Waals surface area contributed by atoms with Crippen molar-refractivity contribution in [3.05, 3.63) is 29.3 Å². The van der Waals surface area contributed by atoms with E-state index < -0.39 is 0 Å². The average Bonchev–Trinajstić information content (AvgIpc) is 2.49. The van der Waals surface area contributed by atoms with E-state index in [4.69, 9.17) is 4.74 Å². The van der Waals surface area contributed by atoms with Gasteiger partial charge in [0.25, 0.3) is 0 Å². The molecule has 1 unspecified atom stereocenters. The molecule has 0 radical (unpaired) electrons. The number of Topliss-reactive ketones (excluding diaryl/α,β-unsaturated/α-hetero) is 1. The van der Waals surface area contributed by atoms with Gasteiger partial charge in [-0.2, -0.15) is 0 Å². The fourth-order valence-corrected chi connectivity index (χ4v) is 2.50. The second kappa shape index (κ2) is 5.74. The smallest absolute Gasteiger partial charge is 0.171 e. The largest absolute Gasteiger partial charge is 0.493 e. The molecular weight excluding hydrogens is 238 g/mol. The van der Waals surface area contributed by atoms with Gasteiger partial charge in [0.15, 0.2) is 5.78 Å². The third kappa shape index (κ3) is 3.16. The van der Waals surface area contributed by atoms with Crippen LogP contribution < -0.4 is 4.74 Å². The number of hydrogen-bond donors (Lipinski definition) is 0. The summed E-state index contributed by atoms with van der Waals surface area (Å²) in [6, 6.07) is 6.01. The van der Waals surface area contributed by atoms with Crippen molar-refractivity contribution in [3.63, 3.8) is 0 Å². The van der Waals surface area contributed by atoms with Gasteiger partial charge in [-0.15, -0.1) is 0 Å². The van der Waals surface area contributed by atoms with Crippen molar-refractivity contribution in [2.75, 3.05) is 27.2 Å². The van der Waals surface area contributed by atoms with Gasteiger partial charge in [-0.3, -0.25) is 4.79 Å². The topological polar surface area (TPSA) is 29.5 Å². The maximum atomic E-state index is 12.6. The number of benzene rings is 1. The van der Waals surface area contributed by atoms with Crippen LogP contribution in [-0.2, 0) is 0 Å². The molecule has 104 valence electrons. The lowest BCUT2D eigenvalue weighted by Crippen LogP contribution is -2.28. The summed E-state index contributed by atoms with van der Waals surface area (Å²) in [5.41, 5.74) is 1.96. The summed E-state index contributed by atoms with van der Waals surface area (Å²) in [5.74, 6) is 1.44. The maximum Gasteiger partial charge on any atom is 0.171 e. The van der Waals surface area contributed by atoms with Crippen molar-refractivity contribution in [3.8, 4) is 5.75 Å². The number of carbonyl (C=O) groups excluding carboxylic acids is 1. The zero-order valence-electron chi connectivity index (χ0n) is 12.3. The van der Waals surface area contributed by atoms with E-state index in [1.54, 1.807) is 0 Å². The van der Waals surface area contributed by atoms with Crippen LogP contribution in [0.4, 0.5) is 0 Å². The van der Waals surface area contributed by atoms with Gasteiger partial charge < -0.3 is 9.64 Å². The highest BCUT2D eigenvalue weighted by Crippen LogP contribution is 2.30. The van der Waals surface area contributed by atoms with E-state index >= 15 is 0 Å². The van der Waals surface area contributed by atoms with Crippen molar-refractivity contribution >= 4 is 5.78 Å². The van der Waals surface area contributed by atoms with E-state index in [-0.39, 0.29) is 11.7 Å². The third-order valence-corrected chi connectivity index (χ3v) is 3.62. The van der Waals surface area contributed by atoms with Crippen molar-refractivity contribution in [1.29, 1.82) is 0 Å². The molecule has 1 aliphatic rings. The molecule has 1 heterocycles. The molecule has 1 atom stereocenters. The van der Waals surface area contributed by atoms with Gasteiger partial charge in [0, 0.05) is 12.5 Å². The lowest BCUT2D eigenvalue weighted by Gasteiger charge is -2.17. The van der Waals surface area contributed by atoms with Gasteiger partial charge in [-0.05, 0) is 44.1 Å². The zero-order valence-corrected chi connectivity index (χ0v) is 12.3. The Kier molecular flexibility index (Phi) is 4.25. The van der Waals surface area contributed by atoms with Gasteiger partial charge >= 0.3 is 0 Å². The van der Waals surface area contributed by atoms with E-state index in [1.165, 1.54) is 5.56 Å². The molecule has 19 heavy (non-hydrogen) atoms. The van der Waals surface area contributed by atoms with Gasteiger partial charge in [0.05, 0.1) is 12.2 Å². The molecule has 0 spiro atoms. The summed E-state index contributed by atoms with van der Waals surface area (Å²) >= 11 is 0. The van der Waals surface area contributed by atoms with Crippen LogP contribution in [0.1, 0.15) is 42.1 Å². The fraction of sp³-hybridized carbons (Fsp3) is 0.562. The molecule has 3 heteroatoms. The Balaban J connectivity index is 2.34. The van der Waals surface area contributed by atoms with E-state index in [1.807, 2.05) is 26.2 Å². The highest BCUT2D eigenvalue weighted by atomic mass is 16.5. The number of nitrogens with zero attached hydrogens (tertiary/aromatic N) is 1. The molecule has 0 fully saturated rings. The third-order valence-electron chi connectivity index (χ3n) is 3.62. The standard InChI is InChI=1S/C16H23NO2/c1-11(2)12-5-6-15-14(9-12)16(18)13(7-8-19-15)10-17(3)4/h5-6,9,11,13H,7-8,10H2,1-4H3. The average molecular weight is 261 g/mol. The number of hydrogen-bond acceptors (Lipinski definition) is 3. The molecule has 0 N–H and O–H groups in total. The first-order chi connectivity index (χ1) is 8.99. The Morgan fingerprint density at radius 1 is 1.37 bits per heavy atom. The molecule has 0 aromatic heterocycles. The van der Waals surface area contributed by atoms with Gasteiger partial charge in [0.1, 0.15) is 5.75 Å². The number of fused-ring (bicyclic) bond motifs is 1. The Morgan fingerprint density at radius 2 is 2.11 bits per heavy atom. The Labute approximate surface area is 115 Å². The van der Waals surface area contributed by atoms with Crippen LogP contribution in [0.15, 0.2) is 18.2 Å². The predicted molar refractivity (Wildman–Crippen MR) is 77.0 cm³/mol. The van der Waals surface area contributed by atoms with Crippen LogP contribution in [0.3, 0.4) is 0 Å². The summed E-state index contributed by atoms with van der Waals surface area (Å²) in [6.45, 7) is 5.69. The molecule has 1 aliphatic heterocycles. The van der Waals surface area contributed by atoms with Crippen LogP contribution in [0.5, 0.6) is 5.75 Å². The monoisotopic (exact) mass is 261 g/mol. The quantitative estimate of drug-likeness (QED) is 0.838. The van der Waals surface area contributed by atoms with Gasteiger partial charge in [-0.1, -0.05) is 19.9 Å². The van der Waals surface area contributed by atoms with E-state index in [0.717, 1.165) is 24.3 Å². The summed E-state index contributed by atoms with van der Waals surface area (Å²) in [6.07, 6.45) is 0.794. The van der Waals surface area contributed by atoms with Crippen molar-refractivity contribution in [2.24, 2.45) is 5.92 Å². The normalized spacial score (nSPS) is 19.3. The molecule has 1 aromatic carbocycles. The second-order valence-electron chi connectivity index (χ2n) is 5.87. The van der Waals surface area contributed by atoms with Crippen LogP contribution in [0, 0.1) is 5.92 Å². The number of rotatable bonds is 3. The minimum Gasteiger partial charge on any atom is -0.493 e.